The highest BCUT2D eigenvalue weighted by Crippen LogP contribution is 2.16. The smallest absolute Gasteiger partial charge is 0.307 e. The third kappa shape index (κ3) is 2.59. The van der Waals surface area contributed by atoms with Crippen LogP contribution in [0, 0.1) is 20.8 Å². The zero-order chi connectivity index (χ0) is 13.3. The number of nitrogens with zero attached hydrogens (tertiary/aromatic N) is 3. The van der Waals surface area contributed by atoms with Gasteiger partial charge >= 0.3 is 5.97 Å². The van der Waals surface area contributed by atoms with Crippen molar-refractivity contribution < 1.29 is 9.90 Å². The van der Waals surface area contributed by atoms with Gasteiger partial charge in [-0.25, -0.2) is 4.98 Å². The van der Waals surface area contributed by atoms with E-state index in [1.54, 1.807) is 11.3 Å². The maximum Gasteiger partial charge on any atom is 0.307 e. The number of rotatable bonds is 4. The van der Waals surface area contributed by atoms with Gasteiger partial charge in [0.15, 0.2) is 0 Å². The van der Waals surface area contributed by atoms with E-state index in [4.69, 9.17) is 5.11 Å². The van der Waals surface area contributed by atoms with Crippen molar-refractivity contribution in [3.63, 3.8) is 0 Å². The van der Waals surface area contributed by atoms with Gasteiger partial charge in [0.1, 0.15) is 0 Å². The predicted octanol–water partition coefficient (Wildman–Crippen LogP) is 1.94. The SMILES string of the molecule is Cc1nc(Cn2nc(C)c(CC(=O)O)c2C)cs1. The fourth-order valence-electron chi connectivity index (χ4n) is 1.93. The summed E-state index contributed by atoms with van der Waals surface area (Å²) in [5.41, 5.74) is 3.45. The number of hydrogen-bond acceptors (Lipinski definition) is 4. The minimum absolute atomic E-state index is 0.0216. The molecule has 0 aliphatic heterocycles. The highest BCUT2D eigenvalue weighted by atomic mass is 32.1. The van der Waals surface area contributed by atoms with Gasteiger partial charge in [-0.1, -0.05) is 0 Å². The van der Waals surface area contributed by atoms with Crippen LogP contribution in [0.4, 0.5) is 0 Å². The normalized spacial score (nSPS) is 10.8. The minimum Gasteiger partial charge on any atom is -0.481 e. The van der Waals surface area contributed by atoms with Crippen molar-refractivity contribution in [1.82, 2.24) is 14.8 Å². The van der Waals surface area contributed by atoms with Crippen molar-refractivity contribution in [2.45, 2.75) is 33.7 Å². The first-order chi connectivity index (χ1) is 8.47. The lowest BCUT2D eigenvalue weighted by Crippen LogP contribution is -2.06. The van der Waals surface area contributed by atoms with Crippen LogP contribution in [0.25, 0.3) is 0 Å². The summed E-state index contributed by atoms with van der Waals surface area (Å²) >= 11 is 1.60. The van der Waals surface area contributed by atoms with E-state index in [9.17, 15) is 4.79 Å². The molecule has 2 aromatic heterocycles. The Hall–Kier alpha value is -1.69. The van der Waals surface area contributed by atoms with Gasteiger partial charge in [-0.05, 0) is 20.8 Å². The molecule has 0 fully saturated rings. The first-order valence-corrected chi connectivity index (χ1v) is 6.51. The van der Waals surface area contributed by atoms with Crippen LogP contribution >= 0.6 is 11.3 Å². The first-order valence-electron chi connectivity index (χ1n) is 5.63. The monoisotopic (exact) mass is 265 g/mol. The lowest BCUT2D eigenvalue weighted by molar-refractivity contribution is -0.136. The summed E-state index contributed by atoms with van der Waals surface area (Å²) in [6, 6.07) is 0. The van der Waals surface area contributed by atoms with Crippen LogP contribution in [0.5, 0.6) is 0 Å². The molecular weight excluding hydrogens is 250 g/mol. The Morgan fingerprint density at radius 1 is 1.44 bits per heavy atom. The molecule has 0 atom stereocenters. The van der Waals surface area contributed by atoms with Gasteiger partial charge in [0.05, 0.1) is 29.4 Å². The van der Waals surface area contributed by atoms with E-state index in [1.807, 2.05) is 30.8 Å². The molecule has 6 heteroatoms. The number of aliphatic carboxylic acids is 1. The van der Waals surface area contributed by atoms with E-state index in [0.29, 0.717) is 6.54 Å². The Labute approximate surface area is 109 Å². The topological polar surface area (TPSA) is 68.0 Å². The Balaban J connectivity index is 2.26. The number of hydrogen-bond donors (Lipinski definition) is 1. The molecule has 2 aromatic rings. The molecule has 0 aliphatic rings. The molecule has 18 heavy (non-hydrogen) atoms. The lowest BCUT2D eigenvalue weighted by Gasteiger charge is -2.02. The zero-order valence-corrected chi connectivity index (χ0v) is 11.4. The highest BCUT2D eigenvalue weighted by molar-refractivity contribution is 7.09. The van der Waals surface area contributed by atoms with Gasteiger partial charge in [0.25, 0.3) is 0 Å². The molecular formula is C12H15N3O2S. The summed E-state index contributed by atoms with van der Waals surface area (Å²) in [6.07, 6.45) is 0.0216. The summed E-state index contributed by atoms with van der Waals surface area (Å²) in [5.74, 6) is -0.828. The number of carboxylic acids is 1. The Morgan fingerprint density at radius 2 is 2.17 bits per heavy atom. The summed E-state index contributed by atoms with van der Waals surface area (Å²) in [7, 11) is 0. The van der Waals surface area contributed by atoms with Gasteiger partial charge in [-0.3, -0.25) is 9.48 Å². The molecule has 5 nitrogen and oxygen atoms in total. The van der Waals surface area contributed by atoms with Crippen molar-refractivity contribution in [2.24, 2.45) is 0 Å². The molecule has 2 heterocycles. The predicted molar refractivity (Wildman–Crippen MR) is 69.0 cm³/mol. The average Bonchev–Trinajstić information content (AvgIpc) is 2.78. The number of carboxylic acid groups (broad SMARTS) is 1. The molecule has 0 unspecified atom stereocenters. The second-order valence-electron chi connectivity index (χ2n) is 4.24. The van der Waals surface area contributed by atoms with Crippen LogP contribution in [0.1, 0.15) is 27.7 Å². The number of thiazole rings is 1. The molecule has 1 N–H and O–H groups in total. The molecule has 0 amide bonds. The van der Waals surface area contributed by atoms with E-state index in [1.165, 1.54) is 0 Å². The molecule has 0 radical (unpaired) electrons. The largest absolute Gasteiger partial charge is 0.481 e. The van der Waals surface area contributed by atoms with Crippen molar-refractivity contribution in [3.8, 4) is 0 Å². The van der Waals surface area contributed by atoms with Crippen molar-refractivity contribution in [1.29, 1.82) is 0 Å². The van der Waals surface area contributed by atoms with Crippen LogP contribution in [-0.2, 0) is 17.8 Å². The minimum atomic E-state index is -0.828. The zero-order valence-electron chi connectivity index (χ0n) is 10.6. The van der Waals surface area contributed by atoms with Gasteiger partial charge in [0.2, 0.25) is 0 Å². The lowest BCUT2D eigenvalue weighted by atomic mass is 10.1. The molecule has 96 valence electrons. The maximum atomic E-state index is 10.8. The Morgan fingerprint density at radius 3 is 2.72 bits per heavy atom. The number of aromatic nitrogens is 3. The van der Waals surface area contributed by atoms with Crippen LogP contribution in [0.2, 0.25) is 0 Å². The van der Waals surface area contributed by atoms with E-state index < -0.39 is 5.97 Å². The molecule has 0 saturated heterocycles. The third-order valence-electron chi connectivity index (χ3n) is 2.84. The first kappa shape index (κ1) is 12.8. The number of aryl methyl sites for hydroxylation is 2. The van der Waals surface area contributed by atoms with Crippen molar-refractivity contribution >= 4 is 17.3 Å². The Kier molecular flexibility index (Phi) is 3.47. The summed E-state index contributed by atoms with van der Waals surface area (Å²) in [6.45, 7) is 6.30. The molecule has 2 rings (SSSR count). The highest BCUT2D eigenvalue weighted by Gasteiger charge is 2.14. The fourth-order valence-corrected chi connectivity index (χ4v) is 2.53. The molecule has 0 saturated carbocycles. The molecule has 0 bridgehead atoms. The van der Waals surface area contributed by atoms with E-state index in [0.717, 1.165) is 27.7 Å². The van der Waals surface area contributed by atoms with E-state index in [2.05, 4.69) is 10.1 Å². The summed E-state index contributed by atoms with van der Waals surface area (Å²) in [4.78, 5) is 15.2. The quantitative estimate of drug-likeness (QED) is 0.917. The average molecular weight is 265 g/mol. The summed E-state index contributed by atoms with van der Waals surface area (Å²) < 4.78 is 1.82. The van der Waals surface area contributed by atoms with Crippen LogP contribution in [-0.4, -0.2) is 25.8 Å². The molecule has 0 spiro atoms. The molecule has 0 aromatic carbocycles. The van der Waals surface area contributed by atoms with Crippen LogP contribution in [0.3, 0.4) is 0 Å². The number of carbonyl (C=O) groups is 1. The van der Waals surface area contributed by atoms with Gasteiger partial charge in [0, 0.05) is 16.6 Å². The Bertz CT molecular complexity index is 586. The molecule has 0 aliphatic carbocycles. The van der Waals surface area contributed by atoms with Crippen molar-refractivity contribution in [3.05, 3.63) is 33.0 Å². The van der Waals surface area contributed by atoms with Crippen molar-refractivity contribution in [2.75, 3.05) is 0 Å². The van der Waals surface area contributed by atoms with Gasteiger partial charge in [-0.2, -0.15) is 5.10 Å². The second kappa shape index (κ2) is 4.89. The van der Waals surface area contributed by atoms with E-state index in [-0.39, 0.29) is 6.42 Å². The van der Waals surface area contributed by atoms with Crippen LogP contribution < -0.4 is 0 Å². The van der Waals surface area contributed by atoms with Gasteiger partial charge < -0.3 is 5.11 Å². The maximum absolute atomic E-state index is 10.8. The van der Waals surface area contributed by atoms with Gasteiger partial charge in [-0.15, -0.1) is 11.3 Å². The second-order valence-corrected chi connectivity index (χ2v) is 5.30. The standard InChI is InChI=1S/C12H15N3O2S/c1-7-11(4-12(16)17)8(2)15(14-7)5-10-6-18-9(3)13-10/h6H,4-5H2,1-3H3,(H,16,17). The fraction of sp³-hybridized carbons (Fsp3) is 0.417. The van der Waals surface area contributed by atoms with E-state index >= 15 is 0 Å². The van der Waals surface area contributed by atoms with Crippen LogP contribution in [0.15, 0.2) is 5.38 Å². The third-order valence-corrected chi connectivity index (χ3v) is 3.66. The summed E-state index contributed by atoms with van der Waals surface area (Å²) in [5, 5.41) is 16.3.